The number of amides is 1. The fourth-order valence-electron chi connectivity index (χ4n) is 1.50. The van der Waals surface area contributed by atoms with Gasteiger partial charge >= 0.3 is 6.09 Å². The molecule has 7 heteroatoms. The van der Waals surface area contributed by atoms with E-state index in [0.717, 1.165) is 0 Å². The number of hydrogen-bond donors (Lipinski definition) is 1. The van der Waals surface area contributed by atoms with Crippen molar-refractivity contribution in [1.82, 2.24) is 0 Å². The molecule has 0 unspecified atom stereocenters. The van der Waals surface area contributed by atoms with Crippen LogP contribution >= 0.6 is 0 Å². The minimum absolute atomic E-state index is 0.0483. The first-order valence-electron chi connectivity index (χ1n) is 6.10. The minimum Gasteiger partial charge on any atom is -0.443 e. The van der Waals surface area contributed by atoms with Crippen LogP contribution < -0.4 is 4.90 Å². The Kier molecular flexibility index (Phi) is 5.04. The van der Waals surface area contributed by atoms with Gasteiger partial charge in [0.2, 0.25) is 0 Å². The Hall–Kier alpha value is -2.15. The highest BCUT2D eigenvalue weighted by Crippen LogP contribution is 2.21. The molecule has 7 nitrogen and oxygen atoms in total. The summed E-state index contributed by atoms with van der Waals surface area (Å²) < 4.78 is 5.23. The first-order valence-corrected chi connectivity index (χ1v) is 6.10. The summed E-state index contributed by atoms with van der Waals surface area (Å²) >= 11 is 0. The van der Waals surface area contributed by atoms with E-state index < -0.39 is 16.6 Å². The zero-order valence-corrected chi connectivity index (χ0v) is 11.7. The summed E-state index contributed by atoms with van der Waals surface area (Å²) in [5, 5.41) is 19.6. The van der Waals surface area contributed by atoms with E-state index in [2.05, 4.69) is 0 Å². The number of nitrogens with zero attached hydrogens (tertiary/aromatic N) is 2. The third kappa shape index (κ3) is 4.51. The van der Waals surface area contributed by atoms with Crippen molar-refractivity contribution in [3.05, 3.63) is 34.4 Å². The summed E-state index contributed by atoms with van der Waals surface area (Å²) in [6, 6.07) is 5.48. The fourth-order valence-corrected chi connectivity index (χ4v) is 1.50. The second-order valence-electron chi connectivity index (χ2n) is 5.13. The van der Waals surface area contributed by atoms with Gasteiger partial charge in [-0.3, -0.25) is 15.0 Å². The average molecular weight is 282 g/mol. The van der Waals surface area contributed by atoms with Gasteiger partial charge in [0.25, 0.3) is 5.69 Å². The summed E-state index contributed by atoms with van der Waals surface area (Å²) in [6.45, 7) is 5.01. The number of non-ortho nitro benzene ring substituents is 1. The van der Waals surface area contributed by atoms with E-state index in [1.165, 1.54) is 29.2 Å². The van der Waals surface area contributed by atoms with E-state index in [9.17, 15) is 14.9 Å². The molecule has 1 aromatic carbocycles. The Morgan fingerprint density at radius 1 is 1.35 bits per heavy atom. The first-order chi connectivity index (χ1) is 9.24. The van der Waals surface area contributed by atoms with E-state index in [-0.39, 0.29) is 18.8 Å². The Balaban J connectivity index is 2.95. The number of anilines is 1. The van der Waals surface area contributed by atoms with E-state index in [1.807, 2.05) is 0 Å². The molecule has 1 amide bonds. The van der Waals surface area contributed by atoms with Crippen molar-refractivity contribution in [2.24, 2.45) is 0 Å². The molecule has 0 atom stereocenters. The molecule has 0 aliphatic heterocycles. The second kappa shape index (κ2) is 6.33. The molecule has 0 bridgehead atoms. The largest absolute Gasteiger partial charge is 0.443 e. The lowest BCUT2D eigenvalue weighted by atomic mass is 10.2. The number of nitro benzene ring substituents is 1. The lowest BCUT2D eigenvalue weighted by Crippen LogP contribution is -2.38. The van der Waals surface area contributed by atoms with Crippen molar-refractivity contribution in [2.45, 2.75) is 26.4 Å². The van der Waals surface area contributed by atoms with Crippen LogP contribution in [0.5, 0.6) is 0 Å². The maximum absolute atomic E-state index is 12.0. The van der Waals surface area contributed by atoms with Crippen LogP contribution in [0.4, 0.5) is 16.2 Å². The summed E-state index contributed by atoms with van der Waals surface area (Å²) in [4.78, 5) is 23.3. The smallest absolute Gasteiger partial charge is 0.414 e. The fraction of sp³-hybridized carbons (Fsp3) is 0.462. The highest BCUT2D eigenvalue weighted by Gasteiger charge is 2.23. The predicted molar refractivity (Wildman–Crippen MR) is 73.8 cm³/mol. The molecule has 1 N–H and O–H groups in total. The zero-order valence-electron chi connectivity index (χ0n) is 11.7. The number of hydrogen-bond acceptors (Lipinski definition) is 5. The number of aliphatic hydroxyl groups is 1. The van der Waals surface area contributed by atoms with Gasteiger partial charge < -0.3 is 9.84 Å². The van der Waals surface area contributed by atoms with Gasteiger partial charge in [-0.25, -0.2) is 4.79 Å². The van der Waals surface area contributed by atoms with E-state index >= 15 is 0 Å². The standard InChI is InChI=1S/C13H18N2O5/c1-13(2,3)20-12(17)14(8-9-16)10-4-6-11(7-5-10)15(18)19/h4-7,16H,8-9H2,1-3H3. The monoisotopic (exact) mass is 282 g/mol. The molecule has 20 heavy (non-hydrogen) atoms. The van der Waals surface area contributed by atoms with Gasteiger partial charge in [-0.1, -0.05) is 0 Å². The van der Waals surface area contributed by atoms with Gasteiger partial charge in [-0.05, 0) is 32.9 Å². The molecule has 0 aromatic heterocycles. The number of nitro groups is 1. The molecule has 0 radical (unpaired) electrons. The normalized spacial score (nSPS) is 11.0. The van der Waals surface area contributed by atoms with Crippen molar-refractivity contribution < 1.29 is 19.6 Å². The van der Waals surface area contributed by atoms with Crippen LogP contribution in [0, 0.1) is 10.1 Å². The molecule has 0 fully saturated rings. The van der Waals surface area contributed by atoms with Crippen LogP contribution in [0.25, 0.3) is 0 Å². The molecular formula is C13H18N2O5. The lowest BCUT2D eigenvalue weighted by Gasteiger charge is -2.26. The molecule has 0 saturated carbocycles. The molecule has 0 aliphatic carbocycles. The van der Waals surface area contributed by atoms with Crippen LogP contribution in [-0.2, 0) is 4.74 Å². The number of carbonyl (C=O) groups is 1. The van der Waals surface area contributed by atoms with Crippen molar-refractivity contribution in [2.75, 3.05) is 18.1 Å². The molecule has 0 saturated heterocycles. The van der Waals surface area contributed by atoms with Gasteiger partial charge in [0.05, 0.1) is 18.1 Å². The maximum Gasteiger partial charge on any atom is 0.414 e. The predicted octanol–water partition coefficient (Wildman–Crippen LogP) is 2.33. The Labute approximate surface area is 116 Å². The lowest BCUT2D eigenvalue weighted by molar-refractivity contribution is -0.384. The van der Waals surface area contributed by atoms with Crippen LogP contribution in [0.15, 0.2) is 24.3 Å². The van der Waals surface area contributed by atoms with E-state index in [1.54, 1.807) is 20.8 Å². The quantitative estimate of drug-likeness (QED) is 0.675. The van der Waals surface area contributed by atoms with Crippen LogP contribution in [0.1, 0.15) is 20.8 Å². The molecule has 0 spiro atoms. The first kappa shape index (κ1) is 15.9. The second-order valence-corrected chi connectivity index (χ2v) is 5.13. The third-order valence-electron chi connectivity index (χ3n) is 2.31. The topological polar surface area (TPSA) is 92.9 Å². The highest BCUT2D eigenvalue weighted by atomic mass is 16.6. The van der Waals surface area contributed by atoms with E-state index in [4.69, 9.17) is 9.84 Å². The van der Waals surface area contributed by atoms with Gasteiger partial charge in [0, 0.05) is 17.8 Å². The molecule has 1 aromatic rings. The van der Waals surface area contributed by atoms with Gasteiger partial charge in [0.1, 0.15) is 5.60 Å². The molecular weight excluding hydrogens is 264 g/mol. The number of carbonyl (C=O) groups excluding carboxylic acids is 1. The molecule has 0 aliphatic rings. The van der Waals surface area contributed by atoms with E-state index in [0.29, 0.717) is 5.69 Å². The number of aliphatic hydroxyl groups excluding tert-OH is 1. The summed E-state index contributed by atoms with van der Waals surface area (Å²) in [7, 11) is 0. The number of ether oxygens (including phenoxy) is 1. The van der Waals surface area contributed by atoms with Crippen molar-refractivity contribution >= 4 is 17.5 Å². The molecule has 1 rings (SSSR count). The molecule has 0 heterocycles. The van der Waals surface area contributed by atoms with Crippen LogP contribution in [0.2, 0.25) is 0 Å². The van der Waals surface area contributed by atoms with Crippen molar-refractivity contribution in [3.63, 3.8) is 0 Å². The third-order valence-corrected chi connectivity index (χ3v) is 2.31. The molecule has 110 valence electrons. The highest BCUT2D eigenvalue weighted by molar-refractivity contribution is 5.88. The summed E-state index contributed by atoms with van der Waals surface area (Å²) in [5.74, 6) is 0. The van der Waals surface area contributed by atoms with Crippen molar-refractivity contribution in [1.29, 1.82) is 0 Å². The number of rotatable bonds is 4. The Bertz CT molecular complexity index is 479. The van der Waals surface area contributed by atoms with Crippen molar-refractivity contribution in [3.8, 4) is 0 Å². The van der Waals surface area contributed by atoms with Crippen LogP contribution in [-0.4, -0.2) is 34.9 Å². The van der Waals surface area contributed by atoms with Crippen LogP contribution in [0.3, 0.4) is 0 Å². The zero-order chi connectivity index (χ0) is 15.3. The maximum atomic E-state index is 12.0. The minimum atomic E-state index is -0.661. The summed E-state index contributed by atoms with van der Waals surface area (Å²) in [6.07, 6.45) is -0.611. The average Bonchev–Trinajstić information content (AvgIpc) is 2.34. The van der Waals surface area contributed by atoms with Gasteiger partial charge in [-0.2, -0.15) is 0 Å². The summed E-state index contributed by atoms with van der Waals surface area (Å²) in [5.41, 5.74) is -0.299. The Morgan fingerprint density at radius 2 is 1.90 bits per heavy atom. The Morgan fingerprint density at radius 3 is 2.30 bits per heavy atom. The SMILES string of the molecule is CC(C)(C)OC(=O)N(CCO)c1ccc([N+](=O)[O-])cc1. The van der Waals surface area contributed by atoms with Gasteiger partial charge in [0.15, 0.2) is 0 Å². The number of benzene rings is 1. The van der Waals surface area contributed by atoms with Gasteiger partial charge in [-0.15, -0.1) is 0 Å².